The average molecular weight is 162 g/mol. The molecule has 0 radical (unpaired) electrons. The molecule has 6 nitrogen and oxygen atoms in total. The monoisotopic (exact) mass is 162 g/mol. The first-order valence-corrected chi connectivity index (χ1v) is 2.79. The highest BCUT2D eigenvalue weighted by Gasteiger charge is 2.42. The largest absolute Gasteiger partial charge is 0.479 e. The molecule has 0 aromatic heterocycles. The Bertz CT molecular complexity index is 181. The van der Waals surface area contributed by atoms with Crippen molar-refractivity contribution >= 4 is 11.9 Å². The van der Waals surface area contributed by atoms with Gasteiger partial charge in [-0.2, -0.15) is 0 Å². The van der Waals surface area contributed by atoms with E-state index in [0.29, 0.717) is 0 Å². The van der Waals surface area contributed by atoms with Crippen LogP contribution in [0.1, 0.15) is 0 Å². The summed E-state index contributed by atoms with van der Waals surface area (Å²) in [5.41, 5.74) is 7.96. The number of hydrogen-bond donors (Lipinski definition) is 3. The molecule has 1 unspecified atom stereocenters. The minimum absolute atomic E-state index is 0.491. The topological polar surface area (TPSA) is 116 Å². The van der Waals surface area contributed by atoms with Gasteiger partial charge in [0, 0.05) is 6.54 Å². The Kier molecular flexibility index (Phi) is 2.97. The molecule has 0 heterocycles. The third-order valence-corrected chi connectivity index (χ3v) is 1.25. The van der Waals surface area contributed by atoms with Crippen molar-refractivity contribution in [2.24, 2.45) is 11.5 Å². The molecule has 0 amide bonds. The zero-order valence-electron chi connectivity index (χ0n) is 6.03. The molecule has 0 rings (SSSR count). The first-order chi connectivity index (χ1) is 4.99. The first kappa shape index (κ1) is 9.86. The van der Waals surface area contributed by atoms with Crippen LogP contribution in [0.3, 0.4) is 0 Å². The minimum Gasteiger partial charge on any atom is -0.479 e. The van der Waals surface area contributed by atoms with E-state index in [9.17, 15) is 9.59 Å². The molecule has 0 spiro atoms. The van der Waals surface area contributed by atoms with Gasteiger partial charge in [0.1, 0.15) is 0 Å². The van der Waals surface area contributed by atoms with Crippen LogP contribution in [0.25, 0.3) is 0 Å². The van der Waals surface area contributed by atoms with E-state index < -0.39 is 24.0 Å². The van der Waals surface area contributed by atoms with Gasteiger partial charge in [0.2, 0.25) is 5.54 Å². The number of hydrogen-bond acceptors (Lipinski definition) is 5. The number of carboxylic acids is 1. The van der Waals surface area contributed by atoms with Gasteiger partial charge in [0.15, 0.2) is 0 Å². The van der Waals surface area contributed by atoms with Crippen LogP contribution in [0.4, 0.5) is 0 Å². The lowest BCUT2D eigenvalue weighted by Crippen LogP contribution is -2.60. The lowest BCUT2D eigenvalue weighted by molar-refractivity contribution is -0.158. The van der Waals surface area contributed by atoms with Gasteiger partial charge in [0.25, 0.3) is 0 Å². The molecule has 0 fully saturated rings. The molecule has 64 valence electrons. The second-order valence-electron chi connectivity index (χ2n) is 1.97. The summed E-state index contributed by atoms with van der Waals surface area (Å²) in [5, 5.41) is 8.43. The zero-order chi connectivity index (χ0) is 9.07. The SMILES string of the molecule is COC(=O)C(N)(CN)C(=O)O. The van der Waals surface area contributed by atoms with E-state index >= 15 is 0 Å². The normalized spacial score (nSPS) is 15.2. The van der Waals surface area contributed by atoms with Gasteiger partial charge in [-0.05, 0) is 0 Å². The number of rotatable bonds is 3. The highest BCUT2D eigenvalue weighted by molar-refractivity contribution is 6.04. The second kappa shape index (κ2) is 3.31. The van der Waals surface area contributed by atoms with Crippen molar-refractivity contribution in [3.8, 4) is 0 Å². The van der Waals surface area contributed by atoms with Crippen molar-refractivity contribution in [1.82, 2.24) is 0 Å². The maximum atomic E-state index is 10.7. The number of esters is 1. The van der Waals surface area contributed by atoms with Crippen LogP contribution in [-0.2, 0) is 14.3 Å². The van der Waals surface area contributed by atoms with Crippen molar-refractivity contribution in [1.29, 1.82) is 0 Å². The molecule has 5 N–H and O–H groups in total. The van der Waals surface area contributed by atoms with Crippen molar-refractivity contribution in [3.63, 3.8) is 0 Å². The van der Waals surface area contributed by atoms with Gasteiger partial charge in [-0.15, -0.1) is 0 Å². The third-order valence-electron chi connectivity index (χ3n) is 1.25. The highest BCUT2D eigenvalue weighted by Crippen LogP contribution is 2.00. The van der Waals surface area contributed by atoms with Gasteiger partial charge in [-0.3, -0.25) is 0 Å². The summed E-state index contributed by atoms with van der Waals surface area (Å²) in [5.74, 6) is -2.54. The highest BCUT2D eigenvalue weighted by atomic mass is 16.5. The number of carbonyl (C=O) groups is 2. The summed E-state index contributed by atoms with van der Waals surface area (Å²) in [7, 11) is 1.04. The fourth-order valence-electron chi connectivity index (χ4n) is 0.440. The summed E-state index contributed by atoms with van der Waals surface area (Å²) < 4.78 is 4.14. The molecule has 6 heteroatoms. The molecule has 11 heavy (non-hydrogen) atoms. The van der Waals surface area contributed by atoms with Gasteiger partial charge < -0.3 is 21.3 Å². The quantitative estimate of drug-likeness (QED) is 0.323. The molecule has 0 saturated carbocycles. The Balaban J connectivity index is 4.59. The summed E-state index contributed by atoms with van der Waals surface area (Å²) in [6.45, 7) is -0.491. The van der Waals surface area contributed by atoms with E-state index in [1.165, 1.54) is 0 Å². The van der Waals surface area contributed by atoms with E-state index in [4.69, 9.17) is 16.6 Å². The molecule has 0 saturated heterocycles. The van der Waals surface area contributed by atoms with Crippen molar-refractivity contribution in [2.45, 2.75) is 5.54 Å². The molecule has 0 aromatic rings. The summed E-state index contributed by atoms with van der Waals surface area (Å²) in [4.78, 5) is 21.0. The van der Waals surface area contributed by atoms with Crippen LogP contribution in [0.5, 0.6) is 0 Å². The van der Waals surface area contributed by atoms with Gasteiger partial charge in [-0.1, -0.05) is 0 Å². The standard InChI is InChI=1S/C5H10N2O4/c1-11-4(10)5(7,2-6)3(8)9/h2,6-7H2,1H3,(H,8,9). The molecular weight excluding hydrogens is 152 g/mol. The number of nitrogens with two attached hydrogens (primary N) is 2. The van der Waals surface area contributed by atoms with Gasteiger partial charge >= 0.3 is 11.9 Å². The lowest BCUT2D eigenvalue weighted by atomic mass is 10.0. The van der Waals surface area contributed by atoms with E-state index in [1.54, 1.807) is 0 Å². The number of aliphatic carboxylic acids is 1. The molecule has 0 aliphatic heterocycles. The Morgan fingerprint density at radius 3 is 2.18 bits per heavy atom. The first-order valence-electron chi connectivity index (χ1n) is 2.79. The minimum atomic E-state index is -2.12. The predicted molar refractivity (Wildman–Crippen MR) is 35.6 cm³/mol. The summed E-state index contributed by atoms with van der Waals surface area (Å²) in [6, 6.07) is 0. The summed E-state index contributed by atoms with van der Waals surface area (Å²) >= 11 is 0. The predicted octanol–water partition coefficient (Wildman–Crippen LogP) is -2.10. The van der Waals surface area contributed by atoms with E-state index in [0.717, 1.165) is 7.11 Å². The Labute approximate surface area is 63.1 Å². The smallest absolute Gasteiger partial charge is 0.338 e. The van der Waals surface area contributed by atoms with Crippen LogP contribution in [0, 0.1) is 0 Å². The van der Waals surface area contributed by atoms with Crippen LogP contribution in [0.15, 0.2) is 0 Å². The summed E-state index contributed by atoms with van der Waals surface area (Å²) in [6.07, 6.45) is 0. The third kappa shape index (κ3) is 1.66. The van der Waals surface area contributed by atoms with E-state index in [-0.39, 0.29) is 0 Å². The van der Waals surface area contributed by atoms with E-state index in [2.05, 4.69) is 4.74 Å². The Morgan fingerprint density at radius 1 is 1.64 bits per heavy atom. The van der Waals surface area contributed by atoms with Crippen LogP contribution in [0.2, 0.25) is 0 Å². The Morgan fingerprint density at radius 2 is 2.09 bits per heavy atom. The molecule has 0 aromatic carbocycles. The molecule has 1 atom stereocenters. The van der Waals surface area contributed by atoms with Crippen LogP contribution < -0.4 is 11.5 Å². The fraction of sp³-hybridized carbons (Fsp3) is 0.600. The zero-order valence-corrected chi connectivity index (χ0v) is 6.03. The maximum Gasteiger partial charge on any atom is 0.338 e. The Hall–Kier alpha value is -1.14. The number of ether oxygens (including phenoxy) is 1. The number of carboxylic acid groups (broad SMARTS) is 1. The van der Waals surface area contributed by atoms with Gasteiger partial charge in [-0.25, -0.2) is 9.59 Å². The van der Waals surface area contributed by atoms with Gasteiger partial charge in [0.05, 0.1) is 7.11 Å². The van der Waals surface area contributed by atoms with Crippen molar-refractivity contribution in [3.05, 3.63) is 0 Å². The van der Waals surface area contributed by atoms with Crippen molar-refractivity contribution in [2.75, 3.05) is 13.7 Å². The van der Waals surface area contributed by atoms with E-state index in [1.807, 2.05) is 0 Å². The molecular formula is C5H10N2O4. The second-order valence-corrected chi connectivity index (χ2v) is 1.97. The molecule has 0 bridgehead atoms. The number of carbonyl (C=O) groups excluding carboxylic acids is 1. The molecule has 0 aliphatic carbocycles. The lowest BCUT2D eigenvalue weighted by Gasteiger charge is -2.18. The van der Waals surface area contributed by atoms with Crippen LogP contribution in [-0.4, -0.2) is 36.2 Å². The maximum absolute atomic E-state index is 10.7. The van der Waals surface area contributed by atoms with Crippen LogP contribution >= 0.6 is 0 Å². The average Bonchev–Trinajstić information content (AvgIpc) is 2.01. The number of methoxy groups -OCH3 is 1. The molecule has 0 aliphatic rings. The van der Waals surface area contributed by atoms with Crippen molar-refractivity contribution < 1.29 is 19.4 Å². The fourth-order valence-corrected chi connectivity index (χ4v) is 0.440.